The lowest BCUT2D eigenvalue weighted by molar-refractivity contribution is -0.127. The molecule has 1 saturated heterocycles. The molecule has 9 heteroatoms. The van der Waals surface area contributed by atoms with Gasteiger partial charge in [-0.05, 0) is 42.6 Å². The van der Waals surface area contributed by atoms with Crippen LogP contribution in [0.2, 0.25) is 0 Å². The van der Waals surface area contributed by atoms with E-state index in [9.17, 15) is 0 Å². The zero-order chi connectivity index (χ0) is 19.2. The van der Waals surface area contributed by atoms with Gasteiger partial charge in [-0.3, -0.25) is 0 Å². The van der Waals surface area contributed by atoms with Crippen LogP contribution in [0.25, 0.3) is 11.0 Å². The van der Waals surface area contributed by atoms with Crippen LogP contribution >= 0.6 is 15.9 Å². The number of ether oxygens (including phenoxy) is 1. The third-order valence-electron chi connectivity index (χ3n) is 3.19. The number of nitrogens with zero attached hydrogens (tertiary/aromatic N) is 3. The summed E-state index contributed by atoms with van der Waals surface area (Å²) >= 11 is 3.46. The molecule has 0 radical (unpaired) electrons. The first kappa shape index (κ1) is 21.8. The van der Waals surface area contributed by atoms with Crippen molar-refractivity contribution in [3.8, 4) is 0 Å². The van der Waals surface area contributed by atoms with Crippen molar-refractivity contribution in [1.29, 1.82) is 0 Å². The van der Waals surface area contributed by atoms with Gasteiger partial charge >= 0.3 is 0 Å². The Kier molecular flexibility index (Phi) is 8.23. The predicted octanol–water partition coefficient (Wildman–Crippen LogP) is 2.18. The van der Waals surface area contributed by atoms with Gasteiger partial charge in [0.1, 0.15) is 24.0 Å². The Hall–Kier alpha value is -1.26. The van der Waals surface area contributed by atoms with Crippen LogP contribution in [-0.2, 0) is 4.74 Å². The molecule has 0 aromatic carbocycles. The highest BCUT2D eigenvalue weighted by Crippen LogP contribution is 2.35. The van der Waals surface area contributed by atoms with E-state index in [-0.39, 0.29) is 18.9 Å². The van der Waals surface area contributed by atoms with E-state index >= 15 is 0 Å². The summed E-state index contributed by atoms with van der Waals surface area (Å²) in [5.41, 5.74) is 6.60. The third kappa shape index (κ3) is 6.19. The van der Waals surface area contributed by atoms with Crippen LogP contribution in [0.5, 0.6) is 0 Å². The first-order valence-electron chi connectivity index (χ1n) is 8.18. The SMILES string of the molecule is CC.CC(C)(O)O.Nc1ncnc2c1c(Br)cn2[C@H]1CC[C@@H](CO)O1. The van der Waals surface area contributed by atoms with Gasteiger partial charge in [-0.15, -0.1) is 0 Å². The van der Waals surface area contributed by atoms with Crippen LogP contribution in [0.3, 0.4) is 0 Å². The maximum absolute atomic E-state index is 9.10. The van der Waals surface area contributed by atoms with Gasteiger partial charge in [-0.1, -0.05) is 13.8 Å². The molecule has 1 fully saturated rings. The highest BCUT2D eigenvalue weighted by atomic mass is 79.9. The van der Waals surface area contributed by atoms with Gasteiger partial charge < -0.3 is 30.4 Å². The highest BCUT2D eigenvalue weighted by Gasteiger charge is 2.28. The van der Waals surface area contributed by atoms with Gasteiger partial charge in [-0.25, -0.2) is 9.97 Å². The second kappa shape index (κ2) is 9.44. The molecule has 2 aromatic heterocycles. The number of halogens is 1. The summed E-state index contributed by atoms with van der Waals surface area (Å²) in [6, 6.07) is 0. The quantitative estimate of drug-likeness (QED) is 0.550. The van der Waals surface area contributed by atoms with Crippen molar-refractivity contribution in [2.75, 3.05) is 12.3 Å². The Morgan fingerprint density at radius 2 is 1.92 bits per heavy atom. The molecule has 2 aromatic rings. The lowest BCUT2D eigenvalue weighted by Crippen LogP contribution is -2.15. The first-order chi connectivity index (χ1) is 11.7. The Morgan fingerprint density at radius 1 is 1.32 bits per heavy atom. The molecular formula is C16H27BrN4O4. The molecule has 1 aliphatic rings. The number of rotatable bonds is 2. The zero-order valence-electron chi connectivity index (χ0n) is 15.0. The number of aliphatic hydroxyl groups is 3. The van der Waals surface area contributed by atoms with E-state index in [2.05, 4.69) is 25.9 Å². The molecule has 3 heterocycles. The zero-order valence-corrected chi connectivity index (χ0v) is 16.6. The van der Waals surface area contributed by atoms with Crippen LogP contribution in [0.1, 0.15) is 46.8 Å². The minimum absolute atomic E-state index is 0.0496. The monoisotopic (exact) mass is 418 g/mol. The number of fused-ring (bicyclic) bond motifs is 1. The molecule has 0 bridgehead atoms. The fourth-order valence-electron chi connectivity index (χ4n) is 2.31. The second-order valence-electron chi connectivity index (χ2n) is 5.81. The van der Waals surface area contributed by atoms with Crippen molar-refractivity contribution in [2.24, 2.45) is 0 Å². The van der Waals surface area contributed by atoms with Gasteiger partial charge in [0.2, 0.25) is 0 Å². The normalized spacial score (nSPS) is 19.8. The predicted molar refractivity (Wildman–Crippen MR) is 99.7 cm³/mol. The largest absolute Gasteiger partial charge is 0.394 e. The topological polar surface area (TPSA) is 127 Å². The number of anilines is 1. The average molecular weight is 419 g/mol. The molecule has 1 aliphatic heterocycles. The van der Waals surface area contributed by atoms with E-state index in [0.717, 1.165) is 28.3 Å². The summed E-state index contributed by atoms with van der Waals surface area (Å²) in [7, 11) is 0. The van der Waals surface area contributed by atoms with Crippen molar-refractivity contribution in [3.63, 3.8) is 0 Å². The summed E-state index contributed by atoms with van der Waals surface area (Å²) in [4.78, 5) is 8.24. The summed E-state index contributed by atoms with van der Waals surface area (Å²) in [5.74, 6) is -1.05. The molecule has 142 valence electrons. The Labute approximate surface area is 155 Å². The van der Waals surface area contributed by atoms with Crippen LogP contribution in [0.4, 0.5) is 5.82 Å². The van der Waals surface area contributed by atoms with Gasteiger partial charge in [0, 0.05) is 10.7 Å². The molecule has 25 heavy (non-hydrogen) atoms. The molecule has 0 aliphatic carbocycles. The first-order valence-corrected chi connectivity index (χ1v) is 8.97. The van der Waals surface area contributed by atoms with Crippen LogP contribution in [0.15, 0.2) is 17.0 Å². The van der Waals surface area contributed by atoms with E-state index in [4.69, 9.17) is 25.8 Å². The Bertz CT molecular complexity index is 666. The number of aliphatic hydroxyl groups excluding tert-OH is 1. The molecular weight excluding hydrogens is 392 g/mol. The Morgan fingerprint density at radius 3 is 2.44 bits per heavy atom. The number of aromatic nitrogens is 3. The summed E-state index contributed by atoms with van der Waals surface area (Å²) in [5, 5.41) is 26.1. The Balaban J connectivity index is 0.000000388. The highest BCUT2D eigenvalue weighted by molar-refractivity contribution is 9.10. The smallest absolute Gasteiger partial charge is 0.156 e. The van der Waals surface area contributed by atoms with Crippen LogP contribution in [0, 0.1) is 0 Å². The molecule has 0 spiro atoms. The lowest BCUT2D eigenvalue weighted by atomic mass is 10.2. The number of hydrogen-bond donors (Lipinski definition) is 4. The molecule has 8 nitrogen and oxygen atoms in total. The van der Waals surface area contributed by atoms with E-state index in [1.165, 1.54) is 20.2 Å². The van der Waals surface area contributed by atoms with E-state index in [1.54, 1.807) is 0 Å². The number of nitrogen functional groups attached to an aromatic ring is 1. The van der Waals surface area contributed by atoms with Crippen molar-refractivity contribution in [2.45, 2.75) is 58.7 Å². The van der Waals surface area contributed by atoms with Crippen molar-refractivity contribution in [1.82, 2.24) is 14.5 Å². The molecule has 5 N–H and O–H groups in total. The van der Waals surface area contributed by atoms with Crippen molar-refractivity contribution < 1.29 is 20.1 Å². The molecule has 2 atom stereocenters. The fourth-order valence-corrected chi connectivity index (χ4v) is 2.91. The average Bonchev–Trinajstić information content (AvgIpc) is 3.13. The van der Waals surface area contributed by atoms with E-state index in [0.29, 0.717) is 5.82 Å². The summed E-state index contributed by atoms with van der Waals surface area (Å²) < 4.78 is 8.54. The van der Waals surface area contributed by atoms with E-state index in [1.807, 2.05) is 24.6 Å². The minimum atomic E-state index is -1.50. The van der Waals surface area contributed by atoms with Crippen LogP contribution in [-0.4, -0.2) is 48.4 Å². The van der Waals surface area contributed by atoms with Gasteiger partial charge in [0.15, 0.2) is 5.79 Å². The van der Waals surface area contributed by atoms with Gasteiger partial charge in [0.05, 0.1) is 18.1 Å². The number of hydrogen-bond acceptors (Lipinski definition) is 7. The molecule has 0 saturated carbocycles. The van der Waals surface area contributed by atoms with Crippen molar-refractivity contribution in [3.05, 3.63) is 17.0 Å². The van der Waals surface area contributed by atoms with Gasteiger partial charge in [-0.2, -0.15) is 0 Å². The lowest BCUT2D eigenvalue weighted by Gasteiger charge is -2.14. The maximum Gasteiger partial charge on any atom is 0.156 e. The van der Waals surface area contributed by atoms with Crippen LogP contribution < -0.4 is 5.73 Å². The fraction of sp³-hybridized carbons (Fsp3) is 0.625. The second-order valence-corrected chi connectivity index (χ2v) is 6.66. The van der Waals surface area contributed by atoms with E-state index < -0.39 is 5.79 Å². The summed E-state index contributed by atoms with van der Waals surface area (Å²) in [6.45, 7) is 6.65. The molecule has 0 amide bonds. The standard InChI is InChI=1S/C11H13BrN4O2.C3H8O2.C2H6/c12-7-3-16(8-2-1-6(4-17)18-8)11-9(7)10(13)14-5-15-11;1-3(2,4)5;1-2/h3,5-6,8,17H,1-2,4H2,(H2,13,14,15);4-5H,1-2H3;1-2H3/t6-,8+;;/m0../s1. The van der Waals surface area contributed by atoms with Crippen molar-refractivity contribution >= 4 is 32.8 Å². The summed E-state index contributed by atoms with van der Waals surface area (Å²) in [6.07, 6.45) is 4.85. The molecule has 0 unspecified atom stereocenters. The third-order valence-corrected chi connectivity index (χ3v) is 3.79. The molecule has 3 rings (SSSR count). The minimum Gasteiger partial charge on any atom is -0.394 e. The van der Waals surface area contributed by atoms with Gasteiger partial charge in [0.25, 0.3) is 0 Å². The number of nitrogens with two attached hydrogens (primary N) is 1. The maximum atomic E-state index is 9.10.